The van der Waals surface area contributed by atoms with Gasteiger partial charge in [0.25, 0.3) is 0 Å². The van der Waals surface area contributed by atoms with E-state index in [2.05, 4.69) is 27.5 Å². The fraction of sp³-hybridized carbons (Fsp3) is 0.455. The molecule has 0 aliphatic carbocycles. The van der Waals surface area contributed by atoms with Gasteiger partial charge in [0, 0.05) is 13.0 Å². The summed E-state index contributed by atoms with van der Waals surface area (Å²) in [6.07, 6.45) is 2.94. The van der Waals surface area contributed by atoms with E-state index in [1.54, 1.807) is 6.20 Å². The van der Waals surface area contributed by atoms with E-state index in [0.717, 1.165) is 11.3 Å². The molecule has 0 spiro atoms. The first-order chi connectivity index (χ1) is 8.26. The predicted octanol–water partition coefficient (Wildman–Crippen LogP) is 1.41. The van der Waals surface area contributed by atoms with Crippen LogP contribution in [-0.4, -0.2) is 29.3 Å². The van der Waals surface area contributed by atoms with Crippen LogP contribution in [0.15, 0.2) is 6.20 Å². The highest BCUT2D eigenvalue weighted by Crippen LogP contribution is 2.16. The Hall–Kier alpha value is -1.58. The molecule has 6 heteroatoms. The number of anilines is 1. The number of carbonyl (C=O) groups excluding carboxylic acids is 1. The van der Waals surface area contributed by atoms with Gasteiger partial charge in [-0.3, -0.25) is 5.32 Å². The van der Waals surface area contributed by atoms with Crippen molar-refractivity contribution in [2.45, 2.75) is 19.8 Å². The van der Waals surface area contributed by atoms with Crippen LogP contribution in [0.5, 0.6) is 0 Å². The molecule has 0 saturated carbocycles. The zero-order chi connectivity index (χ0) is 12.5. The summed E-state index contributed by atoms with van der Waals surface area (Å²) in [5.74, 6) is 5.65. The summed E-state index contributed by atoms with van der Waals surface area (Å²) >= 11 is 1.31. The number of nitrogens with zero attached hydrogens (tertiary/aromatic N) is 1. The third-order valence-electron chi connectivity index (χ3n) is 1.71. The average molecular weight is 253 g/mol. The maximum absolute atomic E-state index is 11.3. The predicted molar refractivity (Wildman–Crippen MR) is 68.0 cm³/mol. The van der Waals surface area contributed by atoms with Crippen LogP contribution in [0.1, 0.15) is 24.6 Å². The number of urea groups is 1. The van der Waals surface area contributed by atoms with Crippen LogP contribution < -0.4 is 10.6 Å². The lowest BCUT2D eigenvalue weighted by Gasteiger charge is -2.02. The molecule has 0 bridgehead atoms. The van der Waals surface area contributed by atoms with Gasteiger partial charge in [0.2, 0.25) is 0 Å². The number of thiazole rings is 1. The Morgan fingerprint density at radius 2 is 2.47 bits per heavy atom. The van der Waals surface area contributed by atoms with Crippen LogP contribution in [0.3, 0.4) is 0 Å². The average Bonchev–Trinajstić information content (AvgIpc) is 2.74. The zero-order valence-corrected chi connectivity index (χ0v) is 10.4. The molecule has 92 valence electrons. The minimum absolute atomic E-state index is 0.0519. The van der Waals surface area contributed by atoms with E-state index < -0.39 is 0 Å². The van der Waals surface area contributed by atoms with Crippen molar-refractivity contribution >= 4 is 22.5 Å². The van der Waals surface area contributed by atoms with Crippen LogP contribution in [0, 0.1) is 11.8 Å². The van der Waals surface area contributed by atoms with Crippen molar-refractivity contribution in [1.82, 2.24) is 10.3 Å². The first-order valence-corrected chi connectivity index (χ1v) is 6.18. The Labute approximate surface area is 104 Å². The van der Waals surface area contributed by atoms with Crippen molar-refractivity contribution in [3.63, 3.8) is 0 Å². The van der Waals surface area contributed by atoms with Gasteiger partial charge >= 0.3 is 6.03 Å². The van der Waals surface area contributed by atoms with Gasteiger partial charge in [-0.15, -0.1) is 0 Å². The Bertz CT molecular complexity index is 420. The van der Waals surface area contributed by atoms with E-state index in [1.807, 2.05) is 6.92 Å². The number of carbonyl (C=O) groups is 1. The Morgan fingerprint density at radius 3 is 3.18 bits per heavy atom. The molecule has 0 unspecified atom stereocenters. The van der Waals surface area contributed by atoms with Crippen molar-refractivity contribution in [2.75, 3.05) is 18.5 Å². The molecule has 0 aliphatic rings. The monoisotopic (exact) mass is 253 g/mol. The van der Waals surface area contributed by atoms with E-state index in [4.69, 9.17) is 5.11 Å². The molecular weight excluding hydrogens is 238 g/mol. The smallest absolute Gasteiger partial charge is 0.321 e. The van der Waals surface area contributed by atoms with E-state index in [1.165, 1.54) is 11.3 Å². The van der Waals surface area contributed by atoms with Crippen molar-refractivity contribution in [1.29, 1.82) is 0 Å². The van der Waals surface area contributed by atoms with Crippen molar-refractivity contribution in [2.24, 2.45) is 0 Å². The molecule has 0 radical (unpaired) electrons. The van der Waals surface area contributed by atoms with Crippen LogP contribution >= 0.6 is 11.3 Å². The molecule has 2 amide bonds. The highest BCUT2D eigenvalue weighted by molar-refractivity contribution is 7.16. The summed E-state index contributed by atoms with van der Waals surface area (Å²) in [7, 11) is 0. The summed E-state index contributed by atoms with van der Waals surface area (Å²) in [6, 6.07) is -0.254. The standard InChI is InChI=1S/C11H15N3O2S/c1-2-6-12-10(16)14-11-13-8-9(17-11)5-3-4-7-15/h8,15H,2,4,6-7H2,1H3,(H2,12,13,14,16). The molecule has 0 aliphatic heterocycles. The Balaban J connectivity index is 2.46. The number of hydrogen-bond acceptors (Lipinski definition) is 4. The van der Waals surface area contributed by atoms with Gasteiger partial charge in [0.1, 0.15) is 0 Å². The quantitative estimate of drug-likeness (QED) is 0.710. The van der Waals surface area contributed by atoms with Crippen LogP contribution in [0.2, 0.25) is 0 Å². The second-order valence-corrected chi connectivity index (χ2v) is 4.22. The number of rotatable bonds is 4. The topological polar surface area (TPSA) is 74.2 Å². The molecule has 1 heterocycles. The largest absolute Gasteiger partial charge is 0.395 e. The van der Waals surface area contributed by atoms with Crippen molar-refractivity contribution < 1.29 is 9.90 Å². The van der Waals surface area contributed by atoms with Gasteiger partial charge < -0.3 is 10.4 Å². The molecular formula is C11H15N3O2S. The van der Waals surface area contributed by atoms with E-state index in [9.17, 15) is 4.79 Å². The number of nitrogens with one attached hydrogen (secondary N) is 2. The Morgan fingerprint density at radius 1 is 1.65 bits per heavy atom. The zero-order valence-electron chi connectivity index (χ0n) is 9.62. The first kappa shape index (κ1) is 13.5. The van der Waals surface area contributed by atoms with Gasteiger partial charge in [0.05, 0.1) is 17.7 Å². The molecule has 17 heavy (non-hydrogen) atoms. The van der Waals surface area contributed by atoms with Crippen LogP contribution in [-0.2, 0) is 0 Å². The lowest BCUT2D eigenvalue weighted by molar-refractivity contribution is 0.252. The van der Waals surface area contributed by atoms with E-state index in [-0.39, 0.29) is 12.6 Å². The third-order valence-corrected chi connectivity index (χ3v) is 2.54. The molecule has 3 N–H and O–H groups in total. The summed E-state index contributed by atoms with van der Waals surface area (Å²) in [4.78, 5) is 16.1. The highest BCUT2D eigenvalue weighted by Gasteiger charge is 2.04. The van der Waals surface area contributed by atoms with Crippen LogP contribution in [0.25, 0.3) is 0 Å². The lowest BCUT2D eigenvalue weighted by Crippen LogP contribution is -2.29. The fourth-order valence-corrected chi connectivity index (χ4v) is 1.66. The number of amides is 2. The minimum atomic E-state index is -0.254. The number of aliphatic hydroxyl groups excluding tert-OH is 1. The molecule has 1 aromatic rings. The second-order valence-electron chi connectivity index (χ2n) is 3.19. The SMILES string of the molecule is CCCNC(=O)Nc1ncc(C#CCCO)s1. The van der Waals surface area contributed by atoms with Gasteiger partial charge in [-0.2, -0.15) is 0 Å². The third kappa shape index (κ3) is 5.33. The Kier molecular flexibility index (Phi) is 6.07. The van der Waals surface area contributed by atoms with Gasteiger partial charge in [-0.1, -0.05) is 30.1 Å². The maximum atomic E-state index is 11.3. The maximum Gasteiger partial charge on any atom is 0.321 e. The highest BCUT2D eigenvalue weighted by atomic mass is 32.1. The fourth-order valence-electron chi connectivity index (χ4n) is 0.975. The minimum Gasteiger partial charge on any atom is -0.395 e. The van der Waals surface area contributed by atoms with E-state index >= 15 is 0 Å². The van der Waals surface area contributed by atoms with Gasteiger partial charge in [-0.05, 0) is 6.42 Å². The molecule has 0 saturated heterocycles. The molecule has 1 aromatic heterocycles. The van der Waals surface area contributed by atoms with Crippen molar-refractivity contribution in [3.05, 3.63) is 11.1 Å². The molecule has 0 aromatic carbocycles. The molecule has 0 fully saturated rings. The van der Waals surface area contributed by atoms with Gasteiger partial charge in [-0.25, -0.2) is 9.78 Å². The molecule has 5 nitrogen and oxygen atoms in total. The summed E-state index contributed by atoms with van der Waals surface area (Å²) in [6.45, 7) is 2.68. The summed E-state index contributed by atoms with van der Waals surface area (Å²) < 4.78 is 0. The molecule has 1 rings (SSSR count). The van der Waals surface area contributed by atoms with Crippen LogP contribution in [0.4, 0.5) is 9.93 Å². The number of aromatic nitrogens is 1. The normalized spacial score (nSPS) is 9.29. The van der Waals surface area contributed by atoms with Gasteiger partial charge in [0.15, 0.2) is 5.13 Å². The molecule has 0 atom stereocenters. The van der Waals surface area contributed by atoms with Crippen molar-refractivity contribution in [3.8, 4) is 11.8 Å². The first-order valence-electron chi connectivity index (χ1n) is 5.36. The van der Waals surface area contributed by atoms with E-state index in [0.29, 0.717) is 18.1 Å². The number of hydrogen-bond donors (Lipinski definition) is 3. The lowest BCUT2D eigenvalue weighted by atomic mass is 10.4. The number of aliphatic hydroxyl groups is 1. The second kappa shape index (κ2) is 7.65. The summed E-state index contributed by atoms with van der Waals surface area (Å²) in [5.41, 5.74) is 0. The summed E-state index contributed by atoms with van der Waals surface area (Å²) in [5, 5.41) is 14.4.